The first kappa shape index (κ1) is 122. The Labute approximate surface area is 839 Å². The van der Waals surface area contributed by atoms with E-state index in [1.54, 1.807) is 66.9 Å². The van der Waals surface area contributed by atoms with Crippen LogP contribution in [0.5, 0.6) is 34.5 Å². The summed E-state index contributed by atoms with van der Waals surface area (Å²) in [6.07, 6.45) is -16.1. The van der Waals surface area contributed by atoms with Crippen molar-refractivity contribution < 1.29 is 142 Å². The number of rotatable bonds is 28. The van der Waals surface area contributed by atoms with Crippen LogP contribution in [0, 0.1) is 0 Å². The van der Waals surface area contributed by atoms with Crippen LogP contribution >= 0.6 is 36.4 Å². The first-order valence-corrected chi connectivity index (χ1v) is 45.8. The van der Waals surface area contributed by atoms with Gasteiger partial charge in [-0.05, 0) is 175 Å². The van der Waals surface area contributed by atoms with Gasteiger partial charge in [0.15, 0.2) is 0 Å². The van der Waals surface area contributed by atoms with Gasteiger partial charge in [-0.2, -0.15) is 39.5 Å². The van der Waals surface area contributed by atoms with Crippen molar-refractivity contribution in [2.75, 3.05) is 135 Å². The lowest BCUT2D eigenvalue weighted by Gasteiger charge is -2.38. The second kappa shape index (κ2) is 59.6. The number of β-amino-alcohol motifs (C(OH)–C–C–N with tert-alkyl or cyclic N) is 5. The number of nitrogens with zero attached hydrogens (tertiary/aromatic N) is 3. The van der Waals surface area contributed by atoms with Gasteiger partial charge in [-0.1, -0.05) is 185 Å². The maximum absolute atomic E-state index is 13.3. The third-order valence-corrected chi connectivity index (χ3v) is 24.2. The van der Waals surface area contributed by atoms with Crippen molar-refractivity contribution in [1.29, 1.82) is 0 Å². The fourth-order valence-corrected chi connectivity index (χ4v) is 16.5. The van der Waals surface area contributed by atoms with E-state index < -0.39 is 95.9 Å². The van der Waals surface area contributed by atoms with Crippen molar-refractivity contribution in [3.05, 3.63) is 287 Å². The average molecular weight is 2070 g/mol. The first-order valence-electron chi connectivity index (χ1n) is 45.4. The summed E-state index contributed by atoms with van der Waals surface area (Å²) in [7, 11) is 11.1. The number of amides is 2. The fraction of sp³-hybridized carbons (Fsp3) is 0.437. The summed E-state index contributed by atoms with van der Waals surface area (Å²) in [6, 6.07) is 73.8. The normalized spacial score (nSPS) is 19.1. The highest BCUT2D eigenvalue weighted by Crippen LogP contribution is 2.47. The number of carbonyl (C=O) groups excluding carboxylic acids is 4. The molecule has 5 saturated heterocycles. The molecular weight excluding hydrogens is 1930 g/mol. The molecule has 9 aromatic carbocycles. The number of ether oxygens (including phenoxy) is 10. The Morgan fingerprint density at radius 1 is 0.366 bits per heavy atom. The molecule has 10 atom stereocenters. The molecule has 5 aliphatic rings. The van der Waals surface area contributed by atoms with E-state index in [1.165, 1.54) is 33.7 Å². The molecule has 2 amide bonds. The Kier molecular flexibility index (Phi) is 51.1. The molecule has 9 aromatic rings. The number of esters is 2. The summed E-state index contributed by atoms with van der Waals surface area (Å²) >= 11 is 7.22. The Hall–Kier alpha value is -10.6. The summed E-state index contributed by atoms with van der Waals surface area (Å²) < 4.78 is 163. The molecule has 0 aromatic heterocycles. The van der Waals surface area contributed by atoms with E-state index in [0.717, 1.165) is 61.9 Å². The summed E-state index contributed by atoms with van der Waals surface area (Å²) in [5.41, 5.74) is 6.10. The van der Waals surface area contributed by atoms with E-state index in [-0.39, 0.29) is 100 Å². The number of carbonyl (C=O) groups is 4. The maximum Gasteiger partial charge on any atom is 0.490 e. The van der Waals surface area contributed by atoms with E-state index >= 15 is 0 Å². The smallest absolute Gasteiger partial charge is 0.490 e. The van der Waals surface area contributed by atoms with E-state index in [0.29, 0.717) is 77.9 Å². The van der Waals surface area contributed by atoms with E-state index in [2.05, 4.69) is 63.2 Å². The van der Waals surface area contributed by atoms with Gasteiger partial charge >= 0.3 is 42.3 Å². The highest BCUT2D eigenvalue weighted by molar-refractivity contribution is 6.28. The molecule has 27 nitrogen and oxygen atoms in total. The van der Waals surface area contributed by atoms with Crippen molar-refractivity contribution in [2.24, 2.45) is 0 Å². The highest BCUT2D eigenvalue weighted by atomic mass is 35.5. The quantitative estimate of drug-likeness (QED) is 0.00942. The Balaban J connectivity index is 0.000000306. The minimum absolute atomic E-state index is 0. The SMILES string of the molecule is CCN(CC)CC.CCOC(=O)C(F)(F)F.COC(=O)[C@@H]1C[C@@H](O)CN1.COc1ccc(C(Cl)(c2ccccc2)c2ccc(OC)cc2)cc1.COc1ccc(C(OC[C@@H]2C[C@@H](O)CN2)(c2ccccc2)c2ccc(OC)cc2)cc1.COc1ccc(C(OC[C@@H]2C[C@@H](O)CN2C(=O)C(F)(F)F)(c2ccccc2)c2ccc(OC)cc2)cc1.Cl.Cl.O=C(N1C[C@H](O)C[C@H]1CO)C(F)(F)F.OC[C@@H]1C[C@@H](O)CN1. The lowest BCUT2D eigenvalue weighted by atomic mass is 9.80. The lowest BCUT2D eigenvalue weighted by Crippen LogP contribution is -2.47. The van der Waals surface area contributed by atoms with Crippen molar-refractivity contribution >= 4 is 60.2 Å². The summed E-state index contributed by atoms with van der Waals surface area (Å²) in [5, 5.41) is 73.3. The fourth-order valence-electron chi connectivity index (χ4n) is 16.1. The van der Waals surface area contributed by atoms with Crippen molar-refractivity contribution in [2.45, 2.75) is 155 Å². The van der Waals surface area contributed by atoms with E-state index in [1.807, 2.05) is 200 Å². The van der Waals surface area contributed by atoms with Gasteiger partial charge in [0.1, 0.15) is 56.6 Å². The van der Waals surface area contributed by atoms with Crippen LogP contribution in [-0.2, 0) is 54.2 Å². The second-order valence-corrected chi connectivity index (χ2v) is 33.2. The van der Waals surface area contributed by atoms with Gasteiger partial charge in [0.2, 0.25) is 0 Å². The standard InChI is InChI=1S/C28H28F3NO5.C26H29NO4.C21H19ClO2.C7H10F3NO3.C6H11NO3.C6H15N.C5H11NO2.C4H5F3O2.2ClH/c1-35-24-12-8-20(9-13-24)27(19-6-4-3-5-7-19,21-10-14-25(36-2)15-11-21)37-18-22-16-23(33)17-32(22)26(34)28(29,30)31;1-29-24-12-8-20(9-13-24)26(19-6-4-3-5-7-19,21-10-14-25(30-2)15-11-21)31-18-22-16-23(28)17-27-22;1-23-19-12-8-17(9-13-19)21(22,16-6-4-3-5-7-16)18-10-14-20(24-2)15-11-18;8-7(9,10)6(14)11-2-5(13)1-4(11)3-12;1-10-6(9)5-2-4(8)3-7-5;1-4-7(5-2)6-3;7-3-4-1-5(8)2-6-4;1-2-9-3(8)4(5,6)7;;/h3-15,22-23,33H,16-18H2,1-2H3;3-15,22-23,27-28H,16-18H2,1-2H3;3-15H,1-2H3;4-5,12-13H,1-3H2;4-5,7-8H,2-3H2,1H3;4-6H2,1-3H3;4-8H,1-3H2;2H2,1H3;2*1H/t2*22-,23+;;2*4-,5+;;4-,5+;;;/m00.01.0.../s1. The molecule has 10 N–H and O–H groups in total. The average Bonchev–Trinajstić information content (AvgIpc) is 1.64. The molecule has 0 saturated carbocycles. The van der Waals surface area contributed by atoms with Crippen LogP contribution in [0.15, 0.2) is 237 Å². The van der Waals surface area contributed by atoms with Gasteiger partial charge in [-0.25, -0.2) is 4.79 Å². The number of aliphatic hydroxyl groups is 7. The van der Waals surface area contributed by atoms with Crippen LogP contribution < -0.4 is 44.4 Å². The van der Waals surface area contributed by atoms with Crippen LogP contribution in [0.25, 0.3) is 0 Å². The maximum atomic E-state index is 13.3. The zero-order valence-electron chi connectivity index (χ0n) is 80.8. The molecule has 0 spiro atoms. The summed E-state index contributed by atoms with van der Waals surface area (Å²) in [6.45, 7) is 11.9. The van der Waals surface area contributed by atoms with Crippen LogP contribution in [-0.4, -0.2) is 289 Å². The van der Waals surface area contributed by atoms with E-state index in [9.17, 15) is 68.9 Å². The Morgan fingerprint density at radius 3 is 0.908 bits per heavy atom. The molecule has 0 aliphatic carbocycles. The third-order valence-electron chi connectivity index (χ3n) is 23.5. The number of hydrogen-bond acceptors (Lipinski definition) is 25. The predicted molar refractivity (Wildman–Crippen MR) is 523 cm³/mol. The molecule has 5 heterocycles. The molecule has 0 bridgehead atoms. The summed E-state index contributed by atoms with van der Waals surface area (Å²) in [5.74, 6) is -1.97. The molecule has 0 unspecified atom stereocenters. The van der Waals surface area contributed by atoms with Crippen LogP contribution in [0.2, 0.25) is 0 Å². The van der Waals surface area contributed by atoms with Gasteiger partial charge in [-0.15, -0.1) is 36.4 Å². The number of benzene rings is 9. The van der Waals surface area contributed by atoms with Crippen LogP contribution in [0.1, 0.15) is 110 Å². The monoisotopic (exact) mass is 2060 g/mol. The van der Waals surface area contributed by atoms with Gasteiger partial charge in [0.05, 0.1) is 125 Å². The number of likely N-dealkylation sites (tertiary alicyclic amines) is 2. The number of methoxy groups -OCH3 is 7. The van der Waals surface area contributed by atoms with Gasteiger partial charge in [0, 0.05) is 51.2 Å². The third kappa shape index (κ3) is 34.8. The lowest BCUT2D eigenvalue weighted by molar-refractivity contribution is -0.199. The second-order valence-electron chi connectivity index (χ2n) is 32.7. The number of hydrogen-bond donors (Lipinski definition) is 10. The number of nitrogens with one attached hydrogen (secondary N) is 3. The molecule has 5 aliphatic heterocycles. The molecule has 142 heavy (non-hydrogen) atoms. The molecule has 5 fully saturated rings. The molecule has 782 valence electrons. The largest absolute Gasteiger partial charge is 0.497 e. The molecular formula is C103H130Cl3F9N6O21. The van der Waals surface area contributed by atoms with Gasteiger partial charge in [-0.3, -0.25) is 14.4 Å². The predicted octanol–water partition coefficient (Wildman–Crippen LogP) is 13.9. The Bertz CT molecular complexity index is 4960. The minimum atomic E-state index is -5.05. The van der Waals surface area contributed by atoms with Gasteiger partial charge < -0.3 is 114 Å². The zero-order valence-corrected chi connectivity index (χ0v) is 83.2. The zero-order chi connectivity index (χ0) is 103. The van der Waals surface area contributed by atoms with Crippen LogP contribution in [0.3, 0.4) is 0 Å². The summed E-state index contributed by atoms with van der Waals surface area (Å²) in [4.78, 5) is 46.1. The number of aliphatic hydroxyl groups excluding tert-OH is 7. The topological polar surface area (TPSA) is 348 Å². The minimum Gasteiger partial charge on any atom is -0.497 e. The van der Waals surface area contributed by atoms with Crippen molar-refractivity contribution in [3.8, 4) is 34.5 Å². The highest BCUT2D eigenvalue weighted by Gasteiger charge is 2.51. The number of halogens is 12. The Morgan fingerprint density at radius 2 is 0.655 bits per heavy atom. The van der Waals surface area contributed by atoms with Gasteiger partial charge in [0.25, 0.3) is 0 Å². The van der Waals surface area contributed by atoms with Crippen molar-refractivity contribution in [1.82, 2.24) is 30.7 Å². The number of alkyl halides is 10. The van der Waals surface area contributed by atoms with Crippen molar-refractivity contribution in [3.63, 3.8) is 0 Å². The molecule has 14 rings (SSSR count). The molecule has 39 heteroatoms. The van der Waals surface area contributed by atoms with E-state index in [4.69, 9.17) is 75.0 Å². The van der Waals surface area contributed by atoms with Crippen LogP contribution in [0.4, 0.5) is 39.5 Å². The molecule has 0 radical (unpaired) electrons. The first-order chi connectivity index (χ1) is 66.8.